The summed E-state index contributed by atoms with van der Waals surface area (Å²) in [5, 5.41) is 10.3. The summed E-state index contributed by atoms with van der Waals surface area (Å²) in [5.41, 5.74) is 0.901. The lowest BCUT2D eigenvalue weighted by molar-refractivity contribution is -0.0240. The van der Waals surface area contributed by atoms with Crippen LogP contribution in [0, 0.1) is 23.7 Å². The second-order valence-electron chi connectivity index (χ2n) is 6.33. The highest BCUT2D eigenvalue weighted by molar-refractivity contribution is 5.11. The molecule has 0 aromatic rings. The van der Waals surface area contributed by atoms with Crippen LogP contribution >= 0.6 is 0 Å². The molecule has 0 aromatic carbocycles. The fraction of sp³-hybridized carbons (Fsp3) is 0.857. The Hall–Kier alpha value is -0.300. The molecule has 4 unspecified atom stereocenters. The summed E-state index contributed by atoms with van der Waals surface area (Å²) in [4.78, 5) is 0. The molecule has 0 heterocycles. The van der Waals surface area contributed by atoms with E-state index >= 15 is 0 Å². The largest absolute Gasteiger partial charge is 0.390 e. The van der Waals surface area contributed by atoms with Crippen LogP contribution in [-0.2, 0) is 0 Å². The van der Waals surface area contributed by atoms with Crippen molar-refractivity contribution in [2.75, 3.05) is 0 Å². The summed E-state index contributed by atoms with van der Waals surface area (Å²) in [6.45, 7) is 8.33. The fourth-order valence-corrected chi connectivity index (χ4v) is 4.01. The van der Waals surface area contributed by atoms with E-state index in [2.05, 4.69) is 19.9 Å². The smallest absolute Gasteiger partial charge is 0.0628 e. The van der Waals surface area contributed by atoms with Gasteiger partial charge in [0.1, 0.15) is 0 Å². The molecule has 2 bridgehead atoms. The molecular formula is C14H24O. The minimum absolute atomic E-state index is 0.492. The van der Waals surface area contributed by atoms with E-state index in [0.717, 1.165) is 11.8 Å². The molecule has 0 aromatic heterocycles. The minimum atomic E-state index is -0.504. The molecule has 0 aliphatic heterocycles. The van der Waals surface area contributed by atoms with Crippen LogP contribution in [0.3, 0.4) is 0 Å². The topological polar surface area (TPSA) is 20.2 Å². The highest BCUT2D eigenvalue weighted by Gasteiger charge is 2.51. The molecule has 1 nitrogen and oxygen atoms in total. The molecule has 2 fully saturated rings. The Morgan fingerprint density at radius 2 is 1.80 bits per heavy atom. The van der Waals surface area contributed by atoms with Crippen LogP contribution in [0.15, 0.2) is 11.6 Å². The van der Waals surface area contributed by atoms with Crippen molar-refractivity contribution in [1.29, 1.82) is 0 Å². The highest BCUT2D eigenvalue weighted by Crippen LogP contribution is 2.56. The molecule has 2 saturated carbocycles. The lowest BCUT2D eigenvalue weighted by Crippen LogP contribution is -2.39. The minimum Gasteiger partial charge on any atom is -0.390 e. The monoisotopic (exact) mass is 208 g/mol. The summed E-state index contributed by atoms with van der Waals surface area (Å²) in [6.07, 6.45) is 6.48. The molecule has 0 amide bonds. The quantitative estimate of drug-likeness (QED) is 0.690. The summed E-state index contributed by atoms with van der Waals surface area (Å²) in [5.74, 6) is 2.75. The van der Waals surface area contributed by atoms with Gasteiger partial charge in [-0.3, -0.25) is 0 Å². The first-order valence-electron chi connectivity index (χ1n) is 6.27. The molecule has 0 saturated heterocycles. The van der Waals surface area contributed by atoms with Crippen LogP contribution in [0.4, 0.5) is 0 Å². The van der Waals surface area contributed by atoms with Gasteiger partial charge in [0.25, 0.3) is 0 Å². The van der Waals surface area contributed by atoms with Gasteiger partial charge in [-0.05, 0) is 70.6 Å². The SMILES string of the molecule is CC(C)=CC1C2CCC(C2)C1C(C)(C)O. The van der Waals surface area contributed by atoms with Gasteiger partial charge in [-0.2, -0.15) is 0 Å². The summed E-state index contributed by atoms with van der Waals surface area (Å²) >= 11 is 0. The third-order valence-corrected chi connectivity index (χ3v) is 4.32. The number of hydrogen-bond acceptors (Lipinski definition) is 1. The summed E-state index contributed by atoms with van der Waals surface area (Å²) in [7, 11) is 0. The molecule has 2 aliphatic rings. The Morgan fingerprint density at radius 3 is 2.33 bits per heavy atom. The van der Waals surface area contributed by atoms with Gasteiger partial charge < -0.3 is 5.11 Å². The van der Waals surface area contributed by atoms with Crippen molar-refractivity contribution >= 4 is 0 Å². The Labute approximate surface area is 93.6 Å². The van der Waals surface area contributed by atoms with Crippen LogP contribution in [0.1, 0.15) is 47.0 Å². The van der Waals surface area contributed by atoms with E-state index in [1.165, 1.54) is 24.8 Å². The summed E-state index contributed by atoms with van der Waals surface area (Å²) in [6, 6.07) is 0. The van der Waals surface area contributed by atoms with Crippen molar-refractivity contribution in [3.8, 4) is 0 Å². The maximum Gasteiger partial charge on any atom is 0.0628 e. The van der Waals surface area contributed by atoms with E-state index < -0.39 is 5.60 Å². The van der Waals surface area contributed by atoms with Crippen molar-refractivity contribution in [1.82, 2.24) is 0 Å². The van der Waals surface area contributed by atoms with Crippen LogP contribution < -0.4 is 0 Å². The Bertz CT molecular complexity index is 268. The zero-order valence-electron chi connectivity index (χ0n) is 10.5. The fourth-order valence-electron chi connectivity index (χ4n) is 4.01. The first kappa shape index (κ1) is 11.2. The van der Waals surface area contributed by atoms with Crippen molar-refractivity contribution in [3.63, 3.8) is 0 Å². The molecule has 4 atom stereocenters. The zero-order chi connectivity index (χ0) is 11.2. The molecular weight excluding hydrogens is 184 g/mol. The zero-order valence-corrected chi connectivity index (χ0v) is 10.5. The lowest BCUT2D eigenvalue weighted by atomic mass is 9.71. The molecule has 1 heteroatoms. The predicted molar refractivity (Wildman–Crippen MR) is 63.5 cm³/mol. The van der Waals surface area contributed by atoms with Crippen LogP contribution in [0.25, 0.3) is 0 Å². The van der Waals surface area contributed by atoms with E-state index in [4.69, 9.17) is 0 Å². The molecule has 2 aliphatic carbocycles. The number of fused-ring (bicyclic) bond motifs is 2. The van der Waals surface area contributed by atoms with E-state index in [-0.39, 0.29) is 0 Å². The highest BCUT2D eigenvalue weighted by atomic mass is 16.3. The van der Waals surface area contributed by atoms with E-state index in [0.29, 0.717) is 11.8 Å². The molecule has 1 N–H and O–H groups in total. The second-order valence-corrected chi connectivity index (χ2v) is 6.33. The number of aliphatic hydroxyl groups is 1. The van der Waals surface area contributed by atoms with E-state index in [9.17, 15) is 5.11 Å². The van der Waals surface area contributed by atoms with Gasteiger partial charge in [0, 0.05) is 0 Å². The lowest BCUT2D eigenvalue weighted by Gasteiger charge is -2.38. The standard InChI is InChI=1S/C14H24O/c1-9(2)7-12-10-5-6-11(8-10)13(12)14(3,4)15/h7,10-13,15H,5-6,8H2,1-4H3. The van der Waals surface area contributed by atoms with Crippen LogP contribution in [0.5, 0.6) is 0 Å². The number of hydrogen-bond donors (Lipinski definition) is 1. The van der Waals surface area contributed by atoms with Crippen LogP contribution in [-0.4, -0.2) is 10.7 Å². The van der Waals surface area contributed by atoms with Gasteiger partial charge in [-0.15, -0.1) is 0 Å². The third-order valence-electron chi connectivity index (χ3n) is 4.32. The first-order chi connectivity index (χ1) is 6.89. The van der Waals surface area contributed by atoms with Crippen molar-refractivity contribution in [3.05, 3.63) is 11.6 Å². The van der Waals surface area contributed by atoms with Gasteiger partial charge in [0.05, 0.1) is 5.60 Å². The van der Waals surface area contributed by atoms with Gasteiger partial charge in [-0.1, -0.05) is 11.6 Å². The van der Waals surface area contributed by atoms with Gasteiger partial charge in [0.15, 0.2) is 0 Å². The van der Waals surface area contributed by atoms with E-state index in [1.54, 1.807) is 0 Å². The van der Waals surface area contributed by atoms with Gasteiger partial charge >= 0.3 is 0 Å². The molecule has 15 heavy (non-hydrogen) atoms. The Balaban J connectivity index is 2.24. The van der Waals surface area contributed by atoms with Crippen LogP contribution in [0.2, 0.25) is 0 Å². The normalized spacial score (nSPS) is 39.5. The average molecular weight is 208 g/mol. The molecule has 0 radical (unpaired) electrons. The predicted octanol–water partition coefficient (Wildman–Crippen LogP) is 3.39. The Kier molecular flexibility index (Phi) is 2.70. The maximum absolute atomic E-state index is 10.3. The molecule has 86 valence electrons. The number of allylic oxidation sites excluding steroid dienone is 2. The second kappa shape index (κ2) is 3.62. The first-order valence-corrected chi connectivity index (χ1v) is 6.27. The molecule has 2 rings (SSSR count). The summed E-state index contributed by atoms with van der Waals surface area (Å²) < 4.78 is 0. The van der Waals surface area contributed by atoms with Gasteiger partial charge in [-0.25, -0.2) is 0 Å². The van der Waals surface area contributed by atoms with Crippen molar-refractivity contribution in [2.24, 2.45) is 23.7 Å². The van der Waals surface area contributed by atoms with Crippen molar-refractivity contribution < 1.29 is 5.11 Å². The van der Waals surface area contributed by atoms with Crippen molar-refractivity contribution in [2.45, 2.75) is 52.6 Å². The maximum atomic E-state index is 10.3. The number of rotatable bonds is 2. The Morgan fingerprint density at radius 1 is 1.20 bits per heavy atom. The third kappa shape index (κ3) is 1.99. The average Bonchev–Trinajstić information content (AvgIpc) is 2.59. The van der Waals surface area contributed by atoms with Gasteiger partial charge in [0.2, 0.25) is 0 Å². The molecule has 0 spiro atoms. The van der Waals surface area contributed by atoms with E-state index in [1.807, 2.05) is 13.8 Å².